The molecule has 132 valence electrons. The van der Waals surface area contributed by atoms with Gasteiger partial charge in [-0.2, -0.15) is 5.10 Å². The Balaban J connectivity index is 1.70. The van der Waals surface area contributed by atoms with Gasteiger partial charge in [0.15, 0.2) is 0 Å². The molecule has 7 nitrogen and oxygen atoms in total. The molecule has 1 heterocycles. The van der Waals surface area contributed by atoms with E-state index < -0.39 is 17.7 Å². The Morgan fingerprint density at radius 2 is 1.77 bits per heavy atom. The summed E-state index contributed by atoms with van der Waals surface area (Å²) in [6.07, 6.45) is 0. The van der Waals surface area contributed by atoms with E-state index in [4.69, 9.17) is 0 Å². The summed E-state index contributed by atoms with van der Waals surface area (Å²) in [5, 5.41) is 13.7. The van der Waals surface area contributed by atoms with Crippen LogP contribution in [0.3, 0.4) is 0 Å². The van der Waals surface area contributed by atoms with Crippen LogP contribution in [-0.4, -0.2) is 40.0 Å². The Kier molecular flexibility index (Phi) is 4.85. The lowest BCUT2D eigenvalue weighted by atomic mass is 10.1. The zero-order valence-corrected chi connectivity index (χ0v) is 15.3. The summed E-state index contributed by atoms with van der Waals surface area (Å²) in [5.74, 6) is -1.57. The number of carbonyl (C=O) groups excluding carboxylic acids is 3. The minimum absolute atomic E-state index is 0.0446. The molecule has 0 atom stereocenters. The molecule has 0 fully saturated rings. The lowest BCUT2D eigenvalue weighted by molar-refractivity contribution is 0.0677. The van der Waals surface area contributed by atoms with Crippen molar-refractivity contribution in [3.63, 3.8) is 0 Å². The monoisotopic (exact) mass is 415 g/mol. The quantitative estimate of drug-likeness (QED) is 0.455. The Morgan fingerprint density at radius 3 is 2.38 bits per heavy atom. The van der Waals surface area contributed by atoms with Crippen LogP contribution in [-0.2, 0) is 0 Å². The van der Waals surface area contributed by atoms with Gasteiger partial charge in [-0.05, 0) is 37.3 Å². The molecule has 26 heavy (non-hydrogen) atoms. The number of hydrogen-bond donors (Lipinski definition) is 2. The van der Waals surface area contributed by atoms with Crippen LogP contribution >= 0.6 is 15.9 Å². The van der Waals surface area contributed by atoms with Crippen molar-refractivity contribution >= 4 is 39.4 Å². The maximum absolute atomic E-state index is 12.3. The van der Waals surface area contributed by atoms with E-state index in [1.165, 1.54) is 12.1 Å². The number of hydrogen-bond acceptors (Lipinski definition) is 5. The second-order valence-electron chi connectivity index (χ2n) is 5.69. The highest BCUT2D eigenvalue weighted by atomic mass is 79.9. The van der Waals surface area contributed by atoms with Crippen molar-refractivity contribution in [1.29, 1.82) is 0 Å². The highest BCUT2D eigenvalue weighted by molar-refractivity contribution is 9.10. The summed E-state index contributed by atoms with van der Waals surface area (Å²) >= 11 is 3.22. The molecule has 2 aromatic carbocycles. The summed E-state index contributed by atoms with van der Waals surface area (Å²) in [4.78, 5) is 37.8. The summed E-state index contributed by atoms with van der Waals surface area (Å²) in [6.45, 7) is 1.54. The molecule has 0 spiro atoms. The summed E-state index contributed by atoms with van der Waals surface area (Å²) < 4.78 is 0.632. The Bertz CT molecular complexity index is 920. The number of carbonyl (C=O) groups is 3. The third-order valence-electron chi connectivity index (χ3n) is 3.82. The van der Waals surface area contributed by atoms with Gasteiger partial charge in [-0.15, -0.1) is 0 Å². The van der Waals surface area contributed by atoms with Crippen LogP contribution in [0.15, 0.2) is 52.0 Å². The number of nitrogens with one attached hydrogen (secondary N) is 1. The number of fused-ring (bicyclic) bond motifs is 1. The summed E-state index contributed by atoms with van der Waals surface area (Å²) in [6, 6.07) is 11.0. The molecule has 0 saturated carbocycles. The van der Waals surface area contributed by atoms with E-state index in [-0.39, 0.29) is 17.9 Å². The molecular weight excluding hydrogens is 402 g/mol. The minimum Gasteiger partial charge on any atom is -0.507 e. The number of benzene rings is 2. The van der Waals surface area contributed by atoms with Gasteiger partial charge in [-0.25, -0.2) is 5.43 Å². The predicted octanol–water partition coefficient (Wildman–Crippen LogP) is 2.56. The third kappa shape index (κ3) is 3.36. The molecule has 2 aromatic rings. The Hall–Kier alpha value is -3.00. The molecule has 1 aliphatic rings. The van der Waals surface area contributed by atoms with Crippen molar-refractivity contribution in [3.8, 4) is 5.75 Å². The number of nitrogens with zero attached hydrogens (tertiary/aromatic N) is 2. The zero-order chi connectivity index (χ0) is 18.8. The van der Waals surface area contributed by atoms with Gasteiger partial charge in [0.2, 0.25) is 0 Å². The van der Waals surface area contributed by atoms with Crippen LogP contribution in [0.5, 0.6) is 5.75 Å². The molecule has 0 bridgehead atoms. The van der Waals surface area contributed by atoms with Crippen LogP contribution in [0, 0.1) is 0 Å². The first-order valence-electron chi connectivity index (χ1n) is 7.65. The number of halogens is 1. The van der Waals surface area contributed by atoms with Gasteiger partial charge in [0, 0.05) is 4.47 Å². The standard InChI is InChI=1S/C18H14BrN3O4/c1-10(20-21-16(24)14-8-11(19)6-7-15(14)23)9-22-17(25)12-4-2-3-5-13(12)18(22)26/h2-8,23H,9H2,1H3,(H,21,24)/b20-10-. The first kappa shape index (κ1) is 17.8. The topological polar surface area (TPSA) is 99.1 Å². The van der Waals surface area contributed by atoms with Crippen LogP contribution in [0.1, 0.15) is 38.0 Å². The molecule has 0 aromatic heterocycles. The lowest BCUT2D eigenvalue weighted by Gasteiger charge is -2.13. The van der Waals surface area contributed by atoms with Crippen LogP contribution in [0.2, 0.25) is 0 Å². The fraction of sp³-hybridized carbons (Fsp3) is 0.111. The first-order valence-corrected chi connectivity index (χ1v) is 8.45. The molecular formula is C18H14BrN3O4. The van der Waals surface area contributed by atoms with Crippen molar-refractivity contribution in [2.45, 2.75) is 6.92 Å². The van der Waals surface area contributed by atoms with E-state index in [1.807, 2.05) is 0 Å². The molecule has 8 heteroatoms. The average Bonchev–Trinajstić information content (AvgIpc) is 2.87. The Labute approximate surface area is 157 Å². The number of imide groups is 1. The average molecular weight is 416 g/mol. The van der Waals surface area contributed by atoms with E-state index >= 15 is 0 Å². The second-order valence-corrected chi connectivity index (χ2v) is 6.61. The molecule has 0 aliphatic carbocycles. The smallest absolute Gasteiger partial charge is 0.275 e. The molecule has 0 saturated heterocycles. The van der Waals surface area contributed by atoms with E-state index in [0.717, 1.165) is 4.90 Å². The molecule has 1 aliphatic heterocycles. The van der Waals surface area contributed by atoms with Crippen molar-refractivity contribution < 1.29 is 19.5 Å². The Morgan fingerprint density at radius 1 is 1.15 bits per heavy atom. The maximum atomic E-state index is 12.3. The summed E-state index contributed by atoms with van der Waals surface area (Å²) in [5.41, 5.74) is 3.44. The second kappa shape index (κ2) is 7.09. The number of rotatable bonds is 4. The van der Waals surface area contributed by atoms with Gasteiger partial charge in [-0.1, -0.05) is 28.1 Å². The van der Waals surface area contributed by atoms with Gasteiger partial charge in [0.1, 0.15) is 5.75 Å². The zero-order valence-electron chi connectivity index (χ0n) is 13.7. The van der Waals surface area contributed by atoms with Crippen molar-refractivity contribution in [1.82, 2.24) is 10.3 Å². The number of phenolic OH excluding ortho intramolecular Hbond substituents is 1. The molecule has 3 amide bonds. The summed E-state index contributed by atoms with van der Waals surface area (Å²) in [7, 11) is 0. The minimum atomic E-state index is -0.606. The predicted molar refractivity (Wildman–Crippen MR) is 98.2 cm³/mol. The van der Waals surface area contributed by atoms with Crippen molar-refractivity contribution in [3.05, 3.63) is 63.6 Å². The van der Waals surface area contributed by atoms with Gasteiger partial charge >= 0.3 is 0 Å². The van der Waals surface area contributed by atoms with Crippen molar-refractivity contribution in [2.75, 3.05) is 6.54 Å². The largest absolute Gasteiger partial charge is 0.507 e. The third-order valence-corrected chi connectivity index (χ3v) is 4.31. The van der Waals surface area contributed by atoms with Gasteiger partial charge < -0.3 is 5.11 Å². The van der Waals surface area contributed by atoms with Crippen molar-refractivity contribution in [2.24, 2.45) is 5.10 Å². The normalized spacial score (nSPS) is 13.8. The lowest BCUT2D eigenvalue weighted by Crippen LogP contribution is -2.35. The van der Waals surface area contributed by atoms with Crippen LogP contribution < -0.4 is 5.43 Å². The van der Waals surface area contributed by atoms with Gasteiger partial charge in [0.25, 0.3) is 17.7 Å². The van der Waals surface area contributed by atoms with Gasteiger partial charge in [0.05, 0.1) is 28.9 Å². The van der Waals surface area contributed by atoms with E-state index in [2.05, 4.69) is 26.5 Å². The number of phenols is 1. The fourth-order valence-electron chi connectivity index (χ4n) is 2.54. The molecule has 0 radical (unpaired) electrons. The molecule has 0 unspecified atom stereocenters. The fourth-order valence-corrected chi connectivity index (χ4v) is 2.90. The maximum Gasteiger partial charge on any atom is 0.275 e. The van der Waals surface area contributed by atoms with Gasteiger partial charge in [-0.3, -0.25) is 19.3 Å². The highest BCUT2D eigenvalue weighted by Crippen LogP contribution is 2.23. The van der Waals surface area contributed by atoms with E-state index in [1.54, 1.807) is 37.3 Å². The number of amides is 3. The number of aromatic hydroxyl groups is 1. The SMILES string of the molecule is C/C(CN1C(=O)c2ccccc2C1=O)=N/NC(=O)c1cc(Br)ccc1O. The molecule has 3 rings (SSSR count). The van der Waals surface area contributed by atoms with E-state index in [0.29, 0.717) is 21.3 Å². The molecule has 2 N–H and O–H groups in total. The van der Waals surface area contributed by atoms with Crippen LogP contribution in [0.25, 0.3) is 0 Å². The first-order chi connectivity index (χ1) is 12.4. The van der Waals surface area contributed by atoms with E-state index in [9.17, 15) is 19.5 Å². The van der Waals surface area contributed by atoms with Crippen LogP contribution in [0.4, 0.5) is 0 Å². The number of hydrazone groups is 1. The highest BCUT2D eigenvalue weighted by Gasteiger charge is 2.35.